The topological polar surface area (TPSA) is 66.6 Å². The van der Waals surface area contributed by atoms with E-state index in [4.69, 9.17) is 9.47 Å². The first-order valence-corrected chi connectivity index (χ1v) is 9.10. The number of hydrogen-bond donors (Lipinski definition) is 2. The predicted octanol–water partition coefficient (Wildman–Crippen LogP) is 3.19. The van der Waals surface area contributed by atoms with Crippen molar-refractivity contribution in [3.8, 4) is 5.75 Å². The fraction of sp³-hybridized carbons (Fsp3) is 0.286. The van der Waals surface area contributed by atoms with Gasteiger partial charge in [0.1, 0.15) is 5.75 Å². The number of hydrogen-bond acceptors (Lipinski definition) is 4. The molecule has 1 fully saturated rings. The van der Waals surface area contributed by atoms with Gasteiger partial charge >= 0.3 is 0 Å². The third-order valence-corrected chi connectivity index (χ3v) is 4.86. The Balaban J connectivity index is 1.52. The van der Waals surface area contributed by atoms with Gasteiger partial charge in [0.2, 0.25) is 5.91 Å². The molecule has 1 aliphatic heterocycles. The molecule has 1 saturated heterocycles. The summed E-state index contributed by atoms with van der Waals surface area (Å²) < 4.78 is 10.7. The fourth-order valence-corrected chi connectivity index (χ4v) is 3.46. The van der Waals surface area contributed by atoms with Crippen LogP contribution in [0.25, 0.3) is 10.9 Å². The third-order valence-electron chi connectivity index (χ3n) is 4.86. The number of carbonyl (C=O) groups excluding carboxylic acids is 1. The summed E-state index contributed by atoms with van der Waals surface area (Å²) >= 11 is 0. The maximum atomic E-state index is 12.7. The van der Waals surface area contributed by atoms with Crippen LogP contribution in [0.4, 0.5) is 11.4 Å². The van der Waals surface area contributed by atoms with Crippen LogP contribution in [0.5, 0.6) is 5.75 Å². The van der Waals surface area contributed by atoms with Crippen molar-refractivity contribution in [3.05, 3.63) is 54.2 Å². The van der Waals surface area contributed by atoms with E-state index in [2.05, 4.69) is 15.2 Å². The molecule has 0 bridgehead atoms. The lowest BCUT2D eigenvalue weighted by atomic mass is 10.1. The fourth-order valence-electron chi connectivity index (χ4n) is 3.46. The molecule has 0 aliphatic carbocycles. The summed E-state index contributed by atoms with van der Waals surface area (Å²) in [4.78, 5) is 18.2. The predicted molar refractivity (Wildman–Crippen MR) is 107 cm³/mol. The van der Waals surface area contributed by atoms with E-state index < -0.39 is 0 Å². The van der Waals surface area contributed by atoms with E-state index in [1.807, 2.05) is 48.7 Å². The summed E-state index contributed by atoms with van der Waals surface area (Å²) in [6.45, 7) is 3.07. The monoisotopic (exact) mass is 365 g/mol. The molecule has 2 heterocycles. The lowest BCUT2D eigenvalue weighted by Crippen LogP contribution is -2.36. The summed E-state index contributed by atoms with van der Waals surface area (Å²) in [5.74, 6) is 0.737. The minimum atomic E-state index is -0.0422. The molecule has 6 heteroatoms. The quantitative estimate of drug-likeness (QED) is 0.729. The van der Waals surface area contributed by atoms with E-state index in [-0.39, 0.29) is 5.91 Å². The van der Waals surface area contributed by atoms with Gasteiger partial charge in [-0.25, -0.2) is 0 Å². The first-order chi connectivity index (χ1) is 13.2. The number of rotatable bonds is 5. The normalized spacial score (nSPS) is 14.3. The van der Waals surface area contributed by atoms with Gasteiger partial charge < -0.3 is 24.7 Å². The average Bonchev–Trinajstić information content (AvgIpc) is 3.11. The first-order valence-electron chi connectivity index (χ1n) is 9.10. The average molecular weight is 365 g/mol. The minimum absolute atomic E-state index is 0.0422. The second-order valence-corrected chi connectivity index (χ2v) is 6.57. The molecule has 3 aromatic rings. The number of benzene rings is 2. The Hall–Kier alpha value is -2.99. The maximum absolute atomic E-state index is 12.7. The zero-order valence-electron chi connectivity index (χ0n) is 15.3. The molecular formula is C21H23N3O3. The van der Waals surface area contributed by atoms with Crippen LogP contribution in [-0.2, 0) is 16.0 Å². The summed E-state index contributed by atoms with van der Waals surface area (Å²) in [6, 6.07) is 13.7. The van der Waals surface area contributed by atoms with E-state index >= 15 is 0 Å². The van der Waals surface area contributed by atoms with Crippen molar-refractivity contribution in [2.45, 2.75) is 6.42 Å². The van der Waals surface area contributed by atoms with Crippen LogP contribution < -0.4 is 15.0 Å². The van der Waals surface area contributed by atoms with Gasteiger partial charge in [-0.05, 0) is 35.9 Å². The molecule has 1 aromatic heterocycles. The van der Waals surface area contributed by atoms with Gasteiger partial charge in [0.05, 0.1) is 38.1 Å². The molecular weight excluding hydrogens is 342 g/mol. The van der Waals surface area contributed by atoms with Crippen LogP contribution in [-0.4, -0.2) is 44.3 Å². The van der Waals surface area contributed by atoms with Gasteiger partial charge in [0.15, 0.2) is 0 Å². The van der Waals surface area contributed by atoms with Gasteiger partial charge in [-0.3, -0.25) is 4.79 Å². The number of aromatic amines is 1. The number of aromatic nitrogens is 1. The lowest BCUT2D eigenvalue weighted by molar-refractivity contribution is -0.115. The molecule has 2 aromatic carbocycles. The summed E-state index contributed by atoms with van der Waals surface area (Å²) in [7, 11) is 1.64. The van der Waals surface area contributed by atoms with E-state index in [0.29, 0.717) is 19.6 Å². The van der Waals surface area contributed by atoms with Gasteiger partial charge in [-0.1, -0.05) is 12.1 Å². The number of fused-ring (bicyclic) bond motifs is 1. The van der Waals surface area contributed by atoms with Crippen LogP contribution in [0.15, 0.2) is 48.7 Å². The van der Waals surface area contributed by atoms with Crippen molar-refractivity contribution >= 4 is 28.2 Å². The summed E-state index contributed by atoms with van der Waals surface area (Å²) in [5.41, 5.74) is 3.81. The summed E-state index contributed by atoms with van der Waals surface area (Å²) in [5, 5.41) is 4.08. The molecule has 0 spiro atoms. The van der Waals surface area contributed by atoms with Crippen LogP contribution in [0.3, 0.4) is 0 Å². The van der Waals surface area contributed by atoms with Crippen LogP contribution in [0.1, 0.15) is 5.56 Å². The number of amides is 1. The highest BCUT2D eigenvalue weighted by Gasteiger charge is 2.16. The zero-order valence-corrected chi connectivity index (χ0v) is 15.3. The second kappa shape index (κ2) is 7.72. The Morgan fingerprint density at radius 3 is 2.85 bits per heavy atom. The van der Waals surface area contributed by atoms with E-state index in [9.17, 15) is 4.79 Å². The van der Waals surface area contributed by atoms with Gasteiger partial charge in [0, 0.05) is 30.2 Å². The molecule has 27 heavy (non-hydrogen) atoms. The third kappa shape index (κ3) is 3.75. The van der Waals surface area contributed by atoms with Crippen LogP contribution in [0, 0.1) is 0 Å². The van der Waals surface area contributed by atoms with Gasteiger partial charge in [0.25, 0.3) is 0 Å². The Kier molecular flexibility index (Phi) is 4.98. The molecule has 2 N–H and O–H groups in total. The largest absolute Gasteiger partial charge is 0.497 e. The number of nitrogens with zero attached hydrogens (tertiary/aromatic N) is 1. The molecule has 0 unspecified atom stereocenters. The second-order valence-electron chi connectivity index (χ2n) is 6.57. The number of ether oxygens (including phenoxy) is 2. The number of morpholine rings is 1. The van der Waals surface area contributed by atoms with Crippen LogP contribution in [0.2, 0.25) is 0 Å². The van der Waals surface area contributed by atoms with Crippen molar-refractivity contribution < 1.29 is 14.3 Å². The standard InChI is InChI=1S/C21H23N3O3/c1-26-16-6-7-18-17(13-16)15(14-22-18)12-21(25)23-19-4-2-3-5-20(19)24-8-10-27-11-9-24/h2-7,13-14,22H,8-12H2,1H3,(H,23,25). The number of H-pyrrole nitrogens is 1. The Labute approximate surface area is 158 Å². The Bertz CT molecular complexity index is 945. The molecule has 140 valence electrons. The van der Waals surface area contributed by atoms with E-state index in [1.165, 1.54) is 0 Å². The lowest BCUT2D eigenvalue weighted by Gasteiger charge is -2.30. The van der Waals surface area contributed by atoms with E-state index in [0.717, 1.165) is 46.7 Å². The number of anilines is 2. The Morgan fingerprint density at radius 1 is 1.22 bits per heavy atom. The first kappa shape index (κ1) is 17.4. The summed E-state index contributed by atoms with van der Waals surface area (Å²) in [6.07, 6.45) is 2.18. The minimum Gasteiger partial charge on any atom is -0.497 e. The molecule has 4 rings (SSSR count). The van der Waals surface area contributed by atoms with E-state index in [1.54, 1.807) is 7.11 Å². The van der Waals surface area contributed by atoms with Crippen LogP contribution >= 0.6 is 0 Å². The highest BCUT2D eigenvalue weighted by molar-refractivity contribution is 5.98. The van der Waals surface area contributed by atoms with Crippen molar-refractivity contribution in [2.75, 3.05) is 43.6 Å². The van der Waals surface area contributed by atoms with Gasteiger partial charge in [-0.2, -0.15) is 0 Å². The smallest absolute Gasteiger partial charge is 0.228 e. The SMILES string of the molecule is COc1ccc2[nH]cc(CC(=O)Nc3ccccc3N3CCOCC3)c2c1. The molecule has 1 amide bonds. The molecule has 0 radical (unpaired) electrons. The van der Waals surface area contributed by atoms with Crippen molar-refractivity contribution in [1.29, 1.82) is 0 Å². The maximum Gasteiger partial charge on any atom is 0.228 e. The van der Waals surface area contributed by atoms with Crippen molar-refractivity contribution in [2.24, 2.45) is 0 Å². The molecule has 6 nitrogen and oxygen atoms in total. The van der Waals surface area contributed by atoms with Gasteiger partial charge in [-0.15, -0.1) is 0 Å². The number of nitrogens with one attached hydrogen (secondary N) is 2. The van der Waals surface area contributed by atoms with Crippen molar-refractivity contribution in [3.63, 3.8) is 0 Å². The number of methoxy groups -OCH3 is 1. The zero-order chi connectivity index (χ0) is 18.6. The number of carbonyl (C=O) groups is 1. The number of para-hydroxylation sites is 2. The highest BCUT2D eigenvalue weighted by atomic mass is 16.5. The molecule has 0 atom stereocenters. The Morgan fingerprint density at radius 2 is 2.04 bits per heavy atom. The van der Waals surface area contributed by atoms with Crippen molar-refractivity contribution in [1.82, 2.24) is 4.98 Å². The molecule has 1 aliphatic rings. The molecule has 0 saturated carbocycles. The highest BCUT2D eigenvalue weighted by Crippen LogP contribution is 2.27.